The number of alkyl carbamates (subject to hydrolysis) is 1. The van der Waals surface area contributed by atoms with E-state index in [9.17, 15) is 4.79 Å². The van der Waals surface area contributed by atoms with Gasteiger partial charge in [-0.3, -0.25) is 0 Å². The number of rotatable bonds is 6. The number of hydrogen-bond acceptors (Lipinski definition) is 6. The average molecular weight is 435 g/mol. The fourth-order valence-corrected chi connectivity index (χ4v) is 6.52. The highest BCUT2D eigenvalue weighted by molar-refractivity contribution is 5.68. The van der Waals surface area contributed by atoms with Crippen LogP contribution in [0.3, 0.4) is 0 Å². The fraction of sp³-hybridized carbons (Fsp3) is 0.875. The average Bonchev–Trinajstić information content (AvgIpc) is 3.66. The van der Waals surface area contributed by atoms with Gasteiger partial charge in [-0.15, -0.1) is 0 Å². The summed E-state index contributed by atoms with van der Waals surface area (Å²) in [5.41, 5.74) is 0.798. The number of nitrogens with one attached hydrogen (secondary N) is 1. The van der Waals surface area contributed by atoms with Crippen molar-refractivity contribution in [2.24, 2.45) is 11.8 Å². The van der Waals surface area contributed by atoms with Crippen molar-refractivity contribution in [1.82, 2.24) is 10.2 Å². The first-order valence-electron chi connectivity index (χ1n) is 12.0. The second kappa shape index (κ2) is 8.01. The molecule has 7 heteroatoms. The number of epoxide rings is 2. The van der Waals surface area contributed by atoms with E-state index < -0.39 is 0 Å². The zero-order valence-electron chi connectivity index (χ0n) is 19.4. The van der Waals surface area contributed by atoms with Crippen molar-refractivity contribution < 1.29 is 23.7 Å². The Hall–Kier alpha value is -1.15. The van der Waals surface area contributed by atoms with E-state index in [-0.39, 0.29) is 47.6 Å². The Morgan fingerprint density at radius 3 is 2.58 bits per heavy atom. The number of piperidine rings is 3. The van der Waals surface area contributed by atoms with Gasteiger partial charge in [0.25, 0.3) is 0 Å². The molecule has 6 rings (SSSR count). The van der Waals surface area contributed by atoms with E-state index in [0.29, 0.717) is 5.92 Å². The second-order valence-electron chi connectivity index (χ2n) is 10.7. The minimum Gasteiger partial charge on any atom is -0.443 e. The van der Waals surface area contributed by atoms with E-state index in [2.05, 4.69) is 37.1 Å². The number of allylic oxidation sites excluding steroid dienone is 1. The molecule has 0 aromatic rings. The normalized spacial score (nSPS) is 47.7. The summed E-state index contributed by atoms with van der Waals surface area (Å²) in [6, 6.07) is 0.200. The minimum atomic E-state index is -0.308. The first-order chi connectivity index (χ1) is 14.8. The molecule has 1 aliphatic carbocycles. The molecule has 1 saturated carbocycles. The van der Waals surface area contributed by atoms with Gasteiger partial charge in [-0.1, -0.05) is 11.6 Å². The molecule has 2 bridgehead atoms. The van der Waals surface area contributed by atoms with Crippen LogP contribution in [0.1, 0.15) is 52.9 Å². The lowest BCUT2D eigenvalue weighted by Crippen LogP contribution is -2.59. The molecular weight excluding hydrogens is 396 g/mol. The molecule has 174 valence electrons. The van der Waals surface area contributed by atoms with Gasteiger partial charge in [0.2, 0.25) is 0 Å². The molecule has 5 aliphatic heterocycles. The largest absolute Gasteiger partial charge is 0.443 e. The number of ether oxygens (including phenoxy) is 4. The molecule has 1 unspecified atom stereocenters. The zero-order valence-corrected chi connectivity index (χ0v) is 19.4. The highest BCUT2D eigenvalue weighted by Gasteiger charge is 2.72. The van der Waals surface area contributed by atoms with Crippen LogP contribution in [0.2, 0.25) is 0 Å². The Balaban J connectivity index is 1.25. The molecule has 0 aromatic heterocycles. The third-order valence-corrected chi connectivity index (χ3v) is 8.45. The molecule has 5 heterocycles. The number of fused-ring (bicyclic) bond motifs is 3. The van der Waals surface area contributed by atoms with Crippen LogP contribution in [0, 0.1) is 11.8 Å². The predicted octanol–water partition coefficient (Wildman–Crippen LogP) is 2.88. The summed E-state index contributed by atoms with van der Waals surface area (Å²) < 4.78 is 24.2. The summed E-state index contributed by atoms with van der Waals surface area (Å²) >= 11 is 0. The number of carbonyl (C=O) groups excluding carboxylic acids is 1. The van der Waals surface area contributed by atoms with Crippen molar-refractivity contribution in [3.8, 4) is 0 Å². The second-order valence-corrected chi connectivity index (χ2v) is 10.7. The summed E-state index contributed by atoms with van der Waals surface area (Å²) in [6.07, 6.45) is 6.45. The maximum Gasteiger partial charge on any atom is 0.407 e. The maximum atomic E-state index is 12.8. The first kappa shape index (κ1) is 21.7. The molecule has 7 nitrogen and oxygen atoms in total. The lowest BCUT2D eigenvalue weighted by atomic mass is 9.68. The van der Waals surface area contributed by atoms with Gasteiger partial charge in [-0.25, -0.2) is 4.79 Å². The van der Waals surface area contributed by atoms with Crippen LogP contribution in [-0.4, -0.2) is 79.9 Å². The third-order valence-electron chi connectivity index (χ3n) is 8.45. The topological polar surface area (TPSA) is 75.9 Å². The molecule has 1 amide bonds. The quantitative estimate of drug-likeness (QED) is 0.512. The van der Waals surface area contributed by atoms with E-state index >= 15 is 0 Å². The molecular formula is C24H38N2O5. The van der Waals surface area contributed by atoms with Crippen LogP contribution < -0.4 is 5.32 Å². The van der Waals surface area contributed by atoms with Gasteiger partial charge in [0.05, 0.1) is 18.6 Å². The highest BCUT2D eigenvalue weighted by atomic mass is 16.6. The molecule has 7 atom stereocenters. The van der Waals surface area contributed by atoms with Crippen LogP contribution in [0.25, 0.3) is 0 Å². The smallest absolute Gasteiger partial charge is 0.407 e. The number of carbonyl (C=O) groups is 1. The van der Waals surface area contributed by atoms with Gasteiger partial charge in [-0.05, 0) is 71.9 Å². The van der Waals surface area contributed by atoms with Crippen molar-refractivity contribution >= 4 is 6.09 Å². The van der Waals surface area contributed by atoms with E-state index in [1.807, 2.05) is 0 Å². The number of hydrogen-bond donors (Lipinski definition) is 1. The van der Waals surface area contributed by atoms with Crippen LogP contribution in [0.15, 0.2) is 11.6 Å². The van der Waals surface area contributed by atoms with Crippen LogP contribution >= 0.6 is 0 Å². The Morgan fingerprint density at radius 2 is 2.00 bits per heavy atom. The number of nitrogens with zero attached hydrogens (tertiary/aromatic N) is 1. The van der Waals surface area contributed by atoms with Crippen molar-refractivity contribution in [2.75, 3.05) is 33.4 Å². The Kier molecular flexibility index (Phi) is 5.60. The van der Waals surface area contributed by atoms with Crippen LogP contribution in [-0.2, 0) is 18.9 Å². The maximum absolute atomic E-state index is 12.8. The molecule has 1 N–H and O–H groups in total. The van der Waals surface area contributed by atoms with E-state index in [0.717, 1.165) is 45.5 Å². The standard InChI is InChI=1S/C24H38N2O5/c1-15(2)5-6-19-23(3,31-19)21-20(28-4)18(7-10-24(21)14-29-24)30-22(27)25-17-13-26-11-8-16(17)9-12-26/h5,16-21H,6-14H2,1-4H3,(H,25,27)/t17?,18-,19-,20-,21-,23+,24+/m1/s1. The van der Waals surface area contributed by atoms with Gasteiger partial charge < -0.3 is 29.2 Å². The van der Waals surface area contributed by atoms with Gasteiger partial charge in [0.15, 0.2) is 0 Å². The lowest BCUT2D eigenvalue weighted by Gasteiger charge is -2.45. The lowest BCUT2D eigenvalue weighted by molar-refractivity contribution is -0.118. The summed E-state index contributed by atoms with van der Waals surface area (Å²) in [5.74, 6) is 0.636. The van der Waals surface area contributed by atoms with Crippen LogP contribution in [0.5, 0.6) is 0 Å². The molecule has 31 heavy (non-hydrogen) atoms. The van der Waals surface area contributed by atoms with Gasteiger partial charge in [-0.2, -0.15) is 0 Å². The Bertz CT molecular complexity index is 725. The van der Waals surface area contributed by atoms with Crippen molar-refractivity contribution in [1.29, 1.82) is 0 Å². The molecule has 5 saturated heterocycles. The van der Waals surface area contributed by atoms with Crippen molar-refractivity contribution in [3.05, 3.63) is 11.6 Å². The fourth-order valence-electron chi connectivity index (χ4n) is 6.52. The first-order valence-corrected chi connectivity index (χ1v) is 12.0. The predicted molar refractivity (Wildman–Crippen MR) is 116 cm³/mol. The van der Waals surface area contributed by atoms with Crippen molar-refractivity contribution in [2.45, 2.75) is 88.4 Å². The van der Waals surface area contributed by atoms with Gasteiger partial charge in [0, 0.05) is 19.7 Å². The molecule has 0 radical (unpaired) electrons. The minimum absolute atomic E-state index is 0.0592. The Morgan fingerprint density at radius 1 is 1.26 bits per heavy atom. The molecule has 1 spiro atoms. The van der Waals surface area contributed by atoms with Crippen LogP contribution in [0.4, 0.5) is 4.79 Å². The summed E-state index contributed by atoms with van der Waals surface area (Å²) in [5, 5.41) is 3.16. The molecule has 0 aromatic carbocycles. The zero-order chi connectivity index (χ0) is 21.8. The number of amides is 1. The highest BCUT2D eigenvalue weighted by Crippen LogP contribution is 2.59. The summed E-state index contributed by atoms with van der Waals surface area (Å²) in [7, 11) is 1.72. The summed E-state index contributed by atoms with van der Waals surface area (Å²) in [4.78, 5) is 15.3. The molecule has 6 aliphatic rings. The monoisotopic (exact) mass is 434 g/mol. The summed E-state index contributed by atoms with van der Waals surface area (Å²) in [6.45, 7) is 10.4. The van der Waals surface area contributed by atoms with E-state index in [1.54, 1.807) is 7.11 Å². The van der Waals surface area contributed by atoms with Gasteiger partial charge in [0.1, 0.15) is 23.4 Å². The number of methoxy groups -OCH3 is 1. The third kappa shape index (κ3) is 4.03. The molecule has 6 fully saturated rings. The van der Waals surface area contributed by atoms with E-state index in [4.69, 9.17) is 18.9 Å². The van der Waals surface area contributed by atoms with Crippen molar-refractivity contribution in [3.63, 3.8) is 0 Å². The Labute approximate surface area is 185 Å². The van der Waals surface area contributed by atoms with E-state index in [1.165, 1.54) is 18.4 Å². The van der Waals surface area contributed by atoms with Gasteiger partial charge >= 0.3 is 6.09 Å². The SMILES string of the molecule is CO[C@@H]1[C@H](OC(=O)NC2CN3CCC2CC3)CC[C@]2(CO2)[C@H]1[C@@]1(C)O[C@@H]1CC=C(C)C.